The molecule has 0 unspecified atom stereocenters. The van der Waals surface area contributed by atoms with Crippen LogP contribution >= 0.6 is 0 Å². The van der Waals surface area contributed by atoms with Crippen LogP contribution in [0.4, 0.5) is 0 Å². The van der Waals surface area contributed by atoms with Gasteiger partial charge in [-0.05, 0) is 31.0 Å². The minimum absolute atomic E-state index is 0.0223. The highest BCUT2D eigenvalue weighted by molar-refractivity contribution is 5.78. The van der Waals surface area contributed by atoms with E-state index in [2.05, 4.69) is 5.32 Å². The number of rotatable bonds is 7. The number of hydrogen-bond acceptors (Lipinski definition) is 3. The van der Waals surface area contributed by atoms with Crippen LogP contribution in [0.3, 0.4) is 0 Å². The molecule has 1 aromatic carbocycles. The van der Waals surface area contributed by atoms with E-state index in [4.69, 9.17) is 9.84 Å². The molecule has 0 spiro atoms. The highest BCUT2D eigenvalue weighted by Gasteiger charge is 2.09. The third-order valence-electron chi connectivity index (χ3n) is 2.68. The second kappa shape index (κ2) is 7.71. The first-order chi connectivity index (χ1) is 8.69. The van der Waals surface area contributed by atoms with Crippen LogP contribution in [0, 0.1) is 0 Å². The summed E-state index contributed by atoms with van der Waals surface area (Å²) in [5.74, 6) is 0.739. The van der Waals surface area contributed by atoms with Gasteiger partial charge in [-0.3, -0.25) is 4.79 Å². The minimum atomic E-state index is -0.153. The fourth-order valence-corrected chi connectivity index (χ4v) is 1.61. The summed E-state index contributed by atoms with van der Waals surface area (Å²) in [6.07, 6.45) is 1.05. The molecule has 1 atom stereocenters. The first-order valence-electron chi connectivity index (χ1n) is 6.31. The third kappa shape index (κ3) is 4.75. The lowest BCUT2D eigenvalue weighted by Crippen LogP contribution is -2.37. The maximum atomic E-state index is 11.7. The molecule has 0 aliphatic heterocycles. The van der Waals surface area contributed by atoms with Gasteiger partial charge in [-0.15, -0.1) is 0 Å². The Morgan fingerprint density at radius 2 is 2.00 bits per heavy atom. The average molecular weight is 251 g/mol. The number of ether oxygens (including phenoxy) is 1. The van der Waals surface area contributed by atoms with Gasteiger partial charge in [0.05, 0.1) is 25.7 Å². The Balaban J connectivity index is 2.48. The Hall–Kier alpha value is -1.55. The van der Waals surface area contributed by atoms with Crippen molar-refractivity contribution in [1.82, 2.24) is 5.32 Å². The Labute approximate surface area is 108 Å². The molecule has 0 heterocycles. The number of carbonyl (C=O) groups is 1. The van der Waals surface area contributed by atoms with Gasteiger partial charge in [0.25, 0.3) is 0 Å². The number of hydrogen-bond donors (Lipinski definition) is 2. The summed E-state index contributed by atoms with van der Waals surface area (Å²) in [6.45, 7) is 4.47. The first kappa shape index (κ1) is 14.5. The largest absolute Gasteiger partial charge is 0.494 e. The molecule has 0 aliphatic carbocycles. The van der Waals surface area contributed by atoms with Crippen molar-refractivity contribution in [1.29, 1.82) is 0 Å². The lowest BCUT2D eigenvalue weighted by Gasteiger charge is -2.14. The molecule has 1 aromatic rings. The zero-order valence-electron chi connectivity index (χ0n) is 11.0. The van der Waals surface area contributed by atoms with Gasteiger partial charge < -0.3 is 15.2 Å². The van der Waals surface area contributed by atoms with Crippen LogP contribution in [-0.4, -0.2) is 30.3 Å². The van der Waals surface area contributed by atoms with Gasteiger partial charge in [0.1, 0.15) is 5.75 Å². The highest BCUT2D eigenvalue weighted by Crippen LogP contribution is 2.12. The number of benzene rings is 1. The van der Waals surface area contributed by atoms with E-state index in [0.717, 1.165) is 17.7 Å². The van der Waals surface area contributed by atoms with Gasteiger partial charge in [-0.25, -0.2) is 0 Å². The van der Waals surface area contributed by atoms with E-state index >= 15 is 0 Å². The van der Waals surface area contributed by atoms with Crippen LogP contribution in [0.1, 0.15) is 25.8 Å². The zero-order chi connectivity index (χ0) is 13.4. The second-order valence-electron chi connectivity index (χ2n) is 4.11. The summed E-state index contributed by atoms with van der Waals surface area (Å²) in [4.78, 5) is 11.7. The van der Waals surface area contributed by atoms with E-state index in [1.54, 1.807) is 0 Å². The number of carbonyl (C=O) groups excluding carboxylic acids is 1. The van der Waals surface area contributed by atoms with Crippen LogP contribution in [0.25, 0.3) is 0 Å². The normalized spacial score (nSPS) is 11.9. The Morgan fingerprint density at radius 3 is 2.50 bits per heavy atom. The van der Waals surface area contributed by atoms with Gasteiger partial charge in [-0.1, -0.05) is 19.1 Å². The van der Waals surface area contributed by atoms with Crippen molar-refractivity contribution in [2.24, 2.45) is 0 Å². The molecule has 0 bridgehead atoms. The van der Waals surface area contributed by atoms with E-state index in [1.165, 1.54) is 0 Å². The summed E-state index contributed by atoms with van der Waals surface area (Å²) in [5.41, 5.74) is 0.934. The van der Waals surface area contributed by atoms with Crippen LogP contribution in [0.15, 0.2) is 24.3 Å². The molecular weight excluding hydrogens is 230 g/mol. The molecular formula is C14H21NO3. The van der Waals surface area contributed by atoms with Crippen molar-refractivity contribution >= 4 is 5.91 Å². The van der Waals surface area contributed by atoms with Crippen molar-refractivity contribution in [2.75, 3.05) is 13.2 Å². The summed E-state index contributed by atoms with van der Waals surface area (Å²) in [6, 6.07) is 7.32. The Kier molecular flexibility index (Phi) is 6.22. The summed E-state index contributed by atoms with van der Waals surface area (Å²) in [7, 11) is 0. The Morgan fingerprint density at radius 1 is 1.33 bits per heavy atom. The third-order valence-corrected chi connectivity index (χ3v) is 2.68. The van der Waals surface area contributed by atoms with Crippen molar-refractivity contribution in [2.45, 2.75) is 32.7 Å². The summed E-state index contributed by atoms with van der Waals surface area (Å²) < 4.78 is 5.33. The topological polar surface area (TPSA) is 58.6 Å². The van der Waals surface area contributed by atoms with Crippen LogP contribution in [-0.2, 0) is 11.2 Å². The van der Waals surface area contributed by atoms with E-state index < -0.39 is 0 Å². The summed E-state index contributed by atoms with van der Waals surface area (Å²) >= 11 is 0. The molecule has 2 N–H and O–H groups in total. The van der Waals surface area contributed by atoms with Crippen LogP contribution < -0.4 is 10.1 Å². The maximum Gasteiger partial charge on any atom is 0.224 e. The number of aliphatic hydroxyl groups is 1. The first-order valence-corrected chi connectivity index (χ1v) is 6.31. The zero-order valence-corrected chi connectivity index (χ0v) is 11.0. The fraction of sp³-hybridized carbons (Fsp3) is 0.500. The van der Waals surface area contributed by atoms with Crippen molar-refractivity contribution in [3.63, 3.8) is 0 Å². The van der Waals surface area contributed by atoms with Crippen molar-refractivity contribution in [3.8, 4) is 5.75 Å². The van der Waals surface area contributed by atoms with Crippen LogP contribution in [0.5, 0.6) is 5.75 Å². The second-order valence-corrected chi connectivity index (χ2v) is 4.11. The smallest absolute Gasteiger partial charge is 0.224 e. The minimum Gasteiger partial charge on any atom is -0.494 e. The lowest BCUT2D eigenvalue weighted by molar-refractivity contribution is -0.121. The molecule has 0 aromatic heterocycles. The monoisotopic (exact) mass is 251 g/mol. The summed E-state index contributed by atoms with van der Waals surface area (Å²) in [5, 5.41) is 11.8. The van der Waals surface area contributed by atoms with E-state index in [0.29, 0.717) is 13.0 Å². The van der Waals surface area contributed by atoms with Gasteiger partial charge in [0, 0.05) is 0 Å². The molecule has 0 saturated carbocycles. The fourth-order valence-electron chi connectivity index (χ4n) is 1.61. The van der Waals surface area contributed by atoms with E-state index in [9.17, 15) is 4.79 Å². The lowest BCUT2D eigenvalue weighted by atomic mass is 10.1. The molecule has 4 nitrogen and oxygen atoms in total. The van der Waals surface area contributed by atoms with Crippen molar-refractivity contribution in [3.05, 3.63) is 29.8 Å². The molecule has 0 radical (unpaired) electrons. The molecule has 1 rings (SSSR count). The Bertz CT molecular complexity index is 358. The molecule has 0 aliphatic rings. The highest BCUT2D eigenvalue weighted by atomic mass is 16.5. The molecule has 4 heteroatoms. The SMILES string of the molecule is CCOc1ccc(CC(=O)N[C@H](CC)CO)cc1. The predicted molar refractivity (Wildman–Crippen MR) is 70.6 cm³/mol. The van der Waals surface area contributed by atoms with Crippen LogP contribution in [0.2, 0.25) is 0 Å². The quantitative estimate of drug-likeness (QED) is 0.772. The predicted octanol–water partition coefficient (Wildman–Crippen LogP) is 1.51. The van der Waals surface area contributed by atoms with E-state index in [-0.39, 0.29) is 18.6 Å². The number of nitrogens with one attached hydrogen (secondary N) is 1. The molecule has 18 heavy (non-hydrogen) atoms. The standard InChI is InChI=1S/C14H21NO3/c1-3-12(10-16)15-14(17)9-11-5-7-13(8-6-11)18-4-2/h5-8,12,16H,3-4,9-10H2,1-2H3,(H,15,17)/t12-/m1/s1. The molecule has 1 amide bonds. The molecule has 0 fully saturated rings. The molecule has 0 saturated heterocycles. The van der Waals surface area contributed by atoms with Gasteiger partial charge in [-0.2, -0.15) is 0 Å². The average Bonchev–Trinajstić information content (AvgIpc) is 2.38. The van der Waals surface area contributed by atoms with E-state index in [1.807, 2.05) is 38.1 Å². The molecule has 100 valence electrons. The van der Waals surface area contributed by atoms with Gasteiger partial charge in [0.2, 0.25) is 5.91 Å². The maximum absolute atomic E-state index is 11.7. The number of amides is 1. The van der Waals surface area contributed by atoms with Gasteiger partial charge in [0.15, 0.2) is 0 Å². The van der Waals surface area contributed by atoms with Gasteiger partial charge >= 0.3 is 0 Å². The van der Waals surface area contributed by atoms with Crippen molar-refractivity contribution < 1.29 is 14.6 Å². The number of aliphatic hydroxyl groups excluding tert-OH is 1.